The van der Waals surface area contributed by atoms with Crippen molar-refractivity contribution in [2.24, 2.45) is 0 Å². The maximum atomic E-state index is 12.7. The van der Waals surface area contributed by atoms with Gasteiger partial charge < -0.3 is 10.4 Å². The van der Waals surface area contributed by atoms with Crippen molar-refractivity contribution in [1.29, 1.82) is 0 Å². The van der Waals surface area contributed by atoms with E-state index >= 15 is 0 Å². The molecule has 0 fully saturated rings. The Hall–Kier alpha value is -3.48. The molecule has 0 radical (unpaired) electrons. The Morgan fingerprint density at radius 2 is 2.00 bits per heavy atom. The lowest BCUT2D eigenvalue weighted by Crippen LogP contribution is -2.31. The lowest BCUT2D eigenvalue weighted by Gasteiger charge is -2.19. The van der Waals surface area contributed by atoms with Crippen LogP contribution in [-0.2, 0) is 4.79 Å². The number of benzene rings is 1. The molecule has 1 aromatic carbocycles. The highest BCUT2D eigenvalue weighted by molar-refractivity contribution is 5.93. The molecule has 7 nitrogen and oxygen atoms in total. The molecule has 0 saturated carbocycles. The van der Waals surface area contributed by atoms with Crippen LogP contribution in [0.25, 0.3) is 5.82 Å². The van der Waals surface area contributed by atoms with Gasteiger partial charge in [-0.2, -0.15) is 0 Å². The summed E-state index contributed by atoms with van der Waals surface area (Å²) in [5.41, 5.74) is 1.90. The minimum atomic E-state index is -0.987. The van der Waals surface area contributed by atoms with Crippen molar-refractivity contribution in [3.63, 3.8) is 0 Å². The second-order valence-corrected chi connectivity index (χ2v) is 5.83. The predicted octanol–water partition coefficient (Wildman–Crippen LogP) is 2.52. The van der Waals surface area contributed by atoms with Crippen molar-refractivity contribution in [2.75, 3.05) is 0 Å². The van der Waals surface area contributed by atoms with Gasteiger partial charge in [0.05, 0.1) is 12.5 Å². The highest BCUT2D eigenvalue weighted by atomic mass is 16.4. The van der Waals surface area contributed by atoms with Gasteiger partial charge in [-0.25, -0.2) is 9.97 Å². The maximum absolute atomic E-state index is 12.7. The summed E-state index contributed by atoms with van der Waals surface area (Å²) in [6.45, 7) is 1.88. The van der Waals surface area contributed by atoms with E-state index in [0.29, 0.717) is 5.82 Å². The molecule has 26 heavy (non-hydrogen) atoms. The number of aliphatic carboxylic acids is 1. The second-order valence-electron chi connectivity index (χ2n) is 5.83. The van der Waals surface area contributed by atoms with Crippen molar-refractivity contribution in [2.45, 2.75) is 19.4 Å². The van der Waals surface area contributed by atoms with Gasteiger partial charge >= 0.3 is 5.97 Å². The minimum absolute atomic E-state index is 0.208. The normalized spacial score (nSPS) is 11.7. The van der Waals surface area contributed by atoms with Crippen LogP contribution in [0.4, 0.5) is 0 Å². The summed E-state index contributed by atoms with van der Waals surface area (Å²) in [4.78, 5) is 32.2. The van der Waals surface area contributed by atoms with E-state index in [-0.39, 0.29) is 12.1 Å². The van der Waals surface area contributed by atoms with Gasteiger partial charge in [-0.1, -0.05) is 30.3 Å². The van der Waals surface area contributed by atoms with E-state index < -0.39 is 17.9 Å². The highest BCUT2D eigenvalue weighted by Gasteiger charge is 2.21. The van der Waals surface area contributed by atoms with Crippen LogP contribution in [-0.4, -0.2) is 31.5 Å². The Bertz CT molecular complexity index is 922. The number of hydrogen-bond donors (Lipinski definition) is 2. The van der Waals surface area contributed by atoms with Crippen molar-refractivity contribution in [1.82, 2.24) is 19.9 Å². The summed E-state index contributed by atoms with van der Waals surface area (Å²) in [7, 11) is 0. The fraction of sp³-hybridized carbons (Fsp3) is 0.158. The molecule has 0 bridgehead atoms. The van der Waals surface area contributed by atoms with Crippen molar-refractivity contribution in [3.8, 4) is 5.82 Å². The van der Waals surface area contributed by atoms with Gasteiger partial charge in [-0.15, -0.1) is 0 Å². The van der Waals surface area contributed by atoms with Crippen LogP contribution in [0, 0.1) is 6.92 Å². The number of carboxylic acid groups (broad SMARTS) is 1. The first-order chi connectivity index (χ1) is 12.5. The van der Waals surface area contributed by atoms with Crippen LogP contribution in [0.15, 0.2) is 61.2 Å². The fourth-order valence-electron chi connectivity index (χ4n) is 2.71. The molecule has 3 aromatic rings. The smallest absolute Gasteiger partial charge is 0.305 e. The number of hydrogen-bond acceptors (Lipinski definition) is 4. The zero-order chi connectivity index (χ0) is 18.5. The number of nitrogens with zero attached hydrogens (tertiary/aromatic N) is 3. The summed E-state index contributed by atoms with van der Waals surface area (Å²) in [6, 6.07) is 11.8. The van der Waals surface area contributed by atoms with Gasteiger partial charge in [-0.3, -0.25) is 14.2 Å². The lowest BCUT2D eigenvalue weighted by molar-refractivity contribution is -0.137. The predicted molar refractivity (Wildman–Crippen MR) is 95.0 cm³/mol. The summed E-state index contributed by atoms with van der Waals surface area (Å²) in [5, 5.41) is 12.0. The van der Waals surface area contributed by atoms with Crippen molar-refractivity contribution >= 4 is 11.9 Å². The number of carbonyl (C=O) groups excluding carboxylic acids is 1. The number of rotatable bonds is 6. The Labute approximate surface area is 150 Å². The number of carboxylic acids is 1. The third-order valence-electron chi connectivity index (χ3n) is 3.98. The van der Waals surface area contributed by atoms with E-state index in [4.69, 9.17) is 0 Å². The number of pyridine rings is 1. The molecule has 0 spiro atoms. The number of carbonyl (C=O) groups is 2. The molecule has 0 aliphatic carbocycles. The first-order valence-corrected chi connectivity index (χ1v) is 8.08. The Kier molecular flexibility index (Phi) is 5.07. The Balaban J connectivity index is 1.85. The largest absolute Gasteiger partial charge is 0.481 e. The minimum Gasteiger partial charge on any atom is -0.481 e. The molecule has 2 N–H and O–H groups in total. The Morgan fingerprint density at radius 3 is 2.69 bits per heavy atom. The van der Waals surface area contributed by atoms with Gasteiger partial charge in [-0.05, 0) is 30.2 Å². The summed E-state index contributed by atoms with van der Waals surface area (Å²) in [6.07, 6.45) is 4.72. The molecular weight excluding hydrogens is 332 g/mol. The molecule has 2 heterocycles. The molecule has 0 unspecified atom stereocenters. The van der Waals surface area contributed by atoms with E-state index in [0.717, 1.165) is 11.1 Å². The molecule has 132 valence electrons. The molecule has 1 atom stereocenters. The molecule has 1 amide bonds. The first kappa shape index (κ1) is 17.3. The standard InChI is InChI=1S/C19H18N4O3/c1-13-5-2-3-6-14(13)16(11-18(24)25)22-19(26)15-7-4-8-17(21-15)23-10-9-20-12-23/h2-10,12,16H,11H2,1H3,(H,22,26)(H,24,25)/t16-/m0/s1. The molecule has 0 saturated heterocycles. The van der Waals surface area contributed by atoms with Gasteiger partial charge in [0.25, 0.3) is 5.91 Å². The van der Waals surface area contributed by atoms with Crippen LogP contribution in [0.3, 0.4) is 0 Å². The maximum Gasteiger partial charge on any atom is 0.305 e. The van der Waals surface area contributed by atoms with Crippen molar-refractivity contribution in [3.05, 3.63) is 78.0 Å². The van der Waals surface area contributed by atoms with Crippen LogP contribution >= 0.6 is 0 Å². The SMILES string of the molecule is Cc1ccccc1[C@H](CC(=O)O)NC(=O)c1cccc(-n2ccnc2)n1. The van der Waals surface area contributed by atoms with Crippen molar-refractivity contribution < 1.29 is 14.7 Å². The third kappa shape index (κ3) is 3.94. The molecular formula is C19H18N4O3. The summed E-state index contributed by atoms with van der Waals surface area (Å²) in [5.74, 6) is -0.860. The monoisotopic (exact) mass is 350 g/mol. The zero-order valence-electron chi connectivity index (χ0n) is 14.2. The van der Waals surface area contributed by atoms with E-state index in [1.807, 2.05) is 31.2 Å². The Morgan fingerprint density at radius 1 is 1.19 bits per heavy atom. The molecule has 2 aromatic heterocycles. The third-order valence-corrected chi connectivity index (χ3v) is 3.98. The quantitative estimate of drug-likeness (QED) is 0.712. The van der Waals surface area contributed by atoms with Gasteiger partial charge in [0.1, 0.15) is 17.8 Å². The molecule has 7 heteroatoms. The van der Waals surface area contributed by atoms with Crippen LogP contribution in [0.2, 0.25) is 0 Å². The fourth-order valence-corrected chi connectivity index (χ4v) is 2.71. The average molecular weight is 350 g/mol. The molecule has 0 aliphatic heterocycles. The number of aromatic nitrogens is 3. The number of aryl methyl sites for hydroxylation is 1. The first-order valence-electron chi connectivity index (χ1n) is 8.08. The average Bonchev–Trinajstić information content (AvgIpc) is 3.16. The van der Waals surface area contributed by atoms with Crippen LogP contribution in [0.5, 0.6) is 0 Å². The van der Waals surface area contributed by atoms with Crippen LogP contribution < -0.4 is 5.32 Å². The topological polar surface area (TPSA) is 97.1 Å². The molecule has 3 rings (SSSR count). The van der Waals surface area contributed by atoms with E-state index in [9.17, 15) is 14.7 Å². The van der Waals surface area contributed by atoms with Gasteiger partial charge in [0.15, 0.2) is 0 Å². The van der Waals surface area contributed by atoms with Gasteiger partial charge in [0.2, 0.25) is 0 Å². The van der Waals surface area contributed by atoms with E-state index in [2.05, 4.69) is 15.3 Å². The lowest BCUT2D eigenvalue weighted by atomic mass is 9.98. The van der Waals surface area contributed by atoms with Gasteiger partial charge in [0, 0.05) is 12.4 Å². The second kappa shape index (κ2) is 7.60. The number of amides is 1. The number of imidazole rings is 1. The highest BCUT2D eigenvalue weighted by Crippen LogP contribution is 2.21. The summed E-state index contributed by atoms with van der Waals surface area (Å²) < 4.78 is 1.69. The molecule has 0 aliphatic rings. The summed E-state index contributed by atoms with van der Waals surface area (Å²) >= 11 is 0. The van der Waals surface area contributed by atoms with E-state index in [1.54, 1.807) is 41.5 Å². The zero-order valence-corrected chi connectivity index (χ0v) is 14.2. The van der Waals surface area contributed by atoms with E-state index in [1.165, 1.54) is 0 Å². The van der Waals surface area contributed by atoms with Crippen LogP contribution in [0.1, 0.15) is 34.1 Å². The number of nitrogens with one attached hydrogen (secondary N) is 1.